The highest BCUT2D eigenvalue weighted by Gasteiger charge is 2.21. The molecule has 3 aromatic rings. The molecule has 164 valence electrons. The van der Waals surface area contributed by atoms with Crippen LogP contribution in [0.15, 0.2) is 35.8 Å². The van der Waals surface area contributed by atoms with Crippen LogP contribution >= 0.6 is 11.3 Å². The fraction of sp³-hybridized carbons (Fsp3) is 0.333. The number of benzene rings is 1. The number of nitrogens with one attached hydrogen (secondary N) is 1. The van der Waals surface area contributed by atoms with Gasteiger partial charge in [0.1, 0.15) is 5.82 Å². The SMILES string of the molecule is Cc1cc(C)c(-c2csc(NC(=O)CN3CCN(c4cc(C#N)ccn4)CC3)n2)c(C)c1. The molecule has 1 aromatic carbocycles. The van der Waals surface area contributed by atoms with Gasteiger partial charge in [0.15, 0.2) is 5.13 Å². The molecule has 1 fully saturated rings. The van der Waals surface area contributed by atoms with Gasteiger partial charge in [0, 0.05) is 43.3 Å². The van der Waals surface area contributed by atoms with Gasteiger partial charge < -0.3 is 10.2 Å². The normalized spacial score (nSPS) is 14.2. The summed E-state index contributed by atoms with van der Waals surface area (Å²) in [6, 6.07) is 9.98. The maximum atomic E-state index is 12.6. The molecule has 0 unspecified atom stereocenters. The van der Waals surface area contributed by atoms with Gasteiger partial charge in [-0.2, -0.15) is 5.26 Å². The lowest BCUT2D eigenvalue weighted by molar-refractivity contribution is -0.117. The quantitative estimate of drug-likeness (QED) is 0.642. The number of carbonyl (C=O) groups excluding carboxylic acids is 1. The summed E-state index contributed by atoms with van der Waals surface area (Å²) >= 11 is 1.45. The minimum absolute atomic E-state index is 0.0543. The second-order valence-corrected chi connectivity index (χ2v) is 9.00. The van der Waals surface area contributed by atoms with Crippen LogP contribution in [0.3, 0.4) is 0 Å². The fourth-order valence-corrected chi connectivity index (χ4v) is 4.91. The van der Waals surface area contributed by atoms with Gasteiger partial charge in [0.25, 0.3) is 0 Å². The number of amides is 1. The Morgan fingerprint density at radius 1 is 1.16 bits per heavy atom. The van der Waals surface area contributed by atoms with Crippen molar-refractivity contribution < 1.29 is 4.79 Å². The Bertz CT molecular complexity index is 1150. The minimum atomic E-state index is -0.0543. The Morgan fingerprint density at radius 3 is 2.56 bits per heavy atom. The number of hydrogen-bond acceptors (Lipinski definition) is 7. The van der Waals surface area contributed by atoms with E-state index < -0.39 is 0 Å². The minimum Gasteiger partial charge on any atom is -0.354 e. The third-order valence-electron chi connectivity index (χ3n) is 5.62. The van der Waals surface area contributed by atoms with Crippen molar-refractivity contribution in [3.05, 3.63) is 58.1 Å². The van der Waals surface area contributed by atoms with E-state index in [0.29, 0.717) is 17.2 Å². The highest BCUT2D eigenvalue weighted by atomic mass is 32.1. The smallest absolute Gasteiger partial charge is 0.240 e. The first-order valence-electron chi connectivity index (χ1n) is 10.6. The number of aromatic nitrogens is 2. The molecule has 1 aliphatic heterocycles. The van der Waals surface area contributed by atoms with Crippen LogP contribution in [0.5, 0.6) is 0 Å². The van der Waals surface area contributed by atoms with Crippen LogP contribution in [-0.4, -0.2) is 53.5 Å². The summed E-state index contributed by atoms with van der Waals surface area (Å²) in [5.74, 6) is 0.756. The summed E-state index contributed by atoms with van der Waals surface area (Å²) in [7, 11) is 0. The molecule has 2 aromatic heterocycles. The van der Waals surface area contributed by atoms with E-state index in [1.165, 1.54) is 28.0 Å². The van der Waals surface area contributed by atoms with E-state index in [4.69, 9.17) is 5.26 Å². The van der Waals surface area contributed by atoms with E-state index in [-0.39, 0.29) is 5.91 Å². The molecule has 0 bridgehead atoms. The Kier molecular flexibility index (Phi) is 6.49. The molecule has 0 saturated carbocycles. The lowest BCUT2D eigenvalue weighted by Gasteiger charge is -2.34. The zero-order valence-corrected chi connectivity index (χ0v) is 19.4. The van der Waals surface area contributed by atoms with E-state index in [2.05, 4.69) is 64.1 Å². The molecule has 32 heavy (non-hydrogen) atoms. The number of aryl methyl sites for hydroxylation is 3. The fourth-order valence-electron chi connectivity index (χ4n) is 4.19. The number of piperazine rings is 1. The van der Waals surface area contributed by atoms with Gasteiger partial charge in [-0.3, -0.25) is 9.69 Å². The molecule has 3 heterocycles. The maximum Gasteiger partial charge on any atom is 0.240 e. The predicted molar refractivity (Wildman–Crippen MR) is 128 cm³/mol. The van der Waals surface area contributed by atoms with Crippen LogP contribution in [0.2, 0.25) is 0 Å². The van der Waals surface area contributed by atoms with Crippen molar-refractivity contribution in [2.24, 2.45) is 0 Å². The number of carbonyl (C=O) groups is 1. The number of thiazole rings is 1. The maximum absolute atomic E-state index is 12.6. The summed E-state index contributed by atoms with van der Waals surface area (Å²) in [6.45, 7) is 9.67. The predicted octanol–water partition coefficient (Wildman–Crippen LogP) is 3.76. The van der Waals surface area contributed by atoms with Gasteiger partial charge in [0.2, 0.25) is 5.91 Å². The van der Waals surface area contributed by atoms with Gasteiger partial charge in [-0.1, -0.05) is 17.7 Å². The molecular weight excluding hydrogens is 420 g/mol. The first-order valence-corrected chi connectivity index (χ1v) is 11.5. The lowest BCUT2D eigenvalue weighted by atomic mass is 9.98. The monoisotopic (exact) mass is 446 g/mol. The number of nitrogens with zero attached hydrogens (tertiary/aromatic N) is 5. The van der Waals surface area contributed by atoms with Crippen molar-refractivity contribution >= 4 is 28.2 Å². The first kappa shape index (κ1) is 21.9. The summed E-state index contributed by atoms with van der Waals surface area (Å²) < 4.78 is 0. The van der Waals surface area contributed by atoms with Gasteiger partial charge in [-0.05, 0) is 44.0 Å². The van der Waals surface area contributed by atoms with E-state index in [1.54, 1.807) is 18.3 Å². The van der Waals surface area contributed by atoms with Crippen LogP contribution in [0.4, 0.5) is 10.9 Å². The Morgan fingerprint density at radius 2 is 1.88 bits per heavy atom. The molecular formula is C24H26N6OS. The number of nitriles is 1. The van der Waals surface area contributed by atoms with Crippen molar-refractivity contribution in [1.29, 1.82) is 5.26 Å². The van der Waals surface area contributed by atoms with Crippen LogP contribution < -0.4 is 10.2 Å². The van der Waals surface area contributed by atoms with Crippen molar-refractivity contribution in [3.63, 3.8) is 0 Å². The third-order valence-corrected chi connectivity index (χ3v) is 6.38. The lowest BCUT2D eigenvalue weighted by Crippen LogP contribution is -2.48. The summed E-state index contributed by atoms with van der Waals surface area (Å²) in [6.07, 6.45) is 1.66. The average molecular weight is 447 g/mol. The number of pyridine rings is 1. The van der Waals surface area contributed by atoms with Crippen LogP contribution in [0.25, 0.3) is 11.3 Å². The van der Waals surface area contributed by atoms with E-state index in [1.807, 2.05) is 5.38 Å². The first-order chi connectivity index (χ1) is 15.4. The van der Waals surface area contributed by atoms with Crippen LogP contribution in [0, 0.1) is 32.1 Å². The van der Waals surface area contributed by atoms with E-state index in [0.717, 1.165) is 43.3 Å². The molecule has 0 aliphatic carbocycles. The second-order valence-electron chi connectivity index (χ2n) is 8.14. The second kappa shape index (κ2) is 9.47. The Labute approximate surface area is 192 Å². The molecule has 7 nitrogen and oxygen atoms in total. The molecule has 0 spiro atoms. The zero-order chi connectivity index (χ0) is 22.7. The molecule has 1 N–H and O–H groups in total. The Balaban J connectivity index is 1.32. The highest BCUT2D eigenvalue weighted by molar-refractivity contribution is 7.14. The third kappa shape index (κ3) is 4.96. The van der Waals surface area contributed by atoms with Gasteiger partial charge >= 0.3 is 0 Å². The van der Waals surface area contributed by atoms with E-state index >= 15 is 0 Å². The Hall–Kier alpha value is -3.28. The molecule has 0 radical (unpaired) electrons. The number of rotatable bonds is 5. The highest BCUT2D eigenvalue weighted by Crippen LogP contribution is 2.31. The summed E-state index contributed by atoms with van der Waals surface area (Å²) in [5.41, 5.74) is 6.27. The van der Waals surface area contributed by atoms with Crippen molar-refractivity contribution in [1.82, 2.24) is 14.9 Å². The molecule has 8 heteroatoms. The van der Waals surface area contributed by atoms with Crippen LogP contribution in [0.1, 0.15) is 22.3 Å². The number of hydrogen-bond donors (Lipinski definition) is 1. The zero-order valence-electron chi connectivity index (χ0n) is 18.6. The van der Waals surface area contributed by atoms with Gasteiger partial charge in [-0.25, -0.2) is 9.97 Å². The topological polar surface area (TPSA) is 85.2 Å². The van der Waals surface area contributed by atoms with Gasteiger partial charge in [0.05, 0.1) is 23.9 Å². The molecule has 4 rings (SSSR count). The van der Waals surface area contributed by atoms with Gasteiger partial charge in [-0.15, -0.1) is 11.3 Å². The molecule has 1 saturated heterocycles. The molecule has 0 atom stereocenters. The standard InChI is InChI=1S/C24H26N6OS/c1-16-10-17(2)23(18(3)11-16)20-15-32-24(27-20)28-22(31)14-29-6-8-30(9-7-29)21-12-19(13-25)4-5-26-21/h4-5,10-12,15H,6-9,14H2,1-3H3,(H,27,28,31). The van der Waals surface area contributed by atoms with Crippen LogP contribution in [-0.2, 0) is 4.79 Å². The van der Waals surface area contributed by atoms with Crippen molar-refractivity contribution in [2.75, 3.05) is 42.9 Å². The average Bonchev–Trinajstić information content (AvgIpc) is 3.21. The molecule has 1 amide bonds. The summed E-state index contributed by atoms with van der Waals surface area (Å²) in [4.78, 5) is 25.9. The number of anilines is 2. The summed E-state index contributed by atoms with van der Waals surface area (Å²) in [5, 5.41) is 14.7. The molecule has 1 aliphatic rings. The van der Waals surface area contributed by atoms with Crippen molar-refractivity contribution in [3.8, 4) is 17.3 Å². The largest absolute Gasteiger partial charge is 0.354 e. The van der Waals surface area contributed by atoms with E-state index in [9.17, 15) is 4.79 Å². The van der Waals surface area contributed by atoms with Crippen molar-refractivity contribution in [2.45, 2.75) is 20.8 Å².